The largest absolute Gasteiger partial charge is 0.208 e. The van der Waals surface area contributed by atoms with Gasteiger partial charge in [0.1, 0.15) is 0 Å². The second-order valence-corrected chi connectivity index (χ2v) is 15.9. The molecule has 1 spiro atoms. The van der Waals surface area contributed by atoms with Crippen molar-refractivity contribution in [2.75, 3.05) is 0 Å². The third kappa shape index (κ3) is 5.55. The molecular weight excluding hydrogens is 739 g/mol. The summed E-state index contributed by atoms with van der Waals surface area (Å²) in [5.41, 5.74) is 19.4. The summed E-state index contributed by atoms with van der Waals surface area (Å²) in [7, 11) is 0. The van der Waals surface area contributed by atoms with E-state index in [1.165, 1.54) is 66.8 Å². The maximum absolute atomic E-state index is 5.40. The molecule has 0 N–H and O–H groups in total. The minimum absolute atomic E-state index is 0.464. The van der Waals surface area contributed by atoms with E-state index in [-0.39, 0.29) is 0 Å². The Kier molecular flexibility index (Phi) is 8.07. The van der Waals surface area contributed by atoms with Gasteiger partial charge in [-0.3, -0.25) is 0 Å². The number of hydrogen-bond donors (Lipinski definition) is 0. The van der Waals surface area contributed by atoms with E-state index in [0.717, 1.165) is 27.8 Å². The van der Waals surface area contributed by atoms with Crippen molar-refractivity contribution in [3.05, 3.63) is 247 Å². The van der Waals surface area contributed by atoms with Crippen molar-refractivity contribution < 1.29 is 0 Å². The molecule has 1 heterocycles. The number of benzene rings is 9. The van der Waals surface area contributed by atoms with E-state index in [1.54, 1.807) is 0 Å². The molecule has 0 saturated carbocycles. The van der Waals surface area contributed by atoms with Gasteiger partial charge in [0.05, 0.1) is 5.41 Å². The van der Waals surface area contributed by atoms with Crippen LogP contribution in [0.4, 0.5) is 0 Å². The topological polar surface area (TPSA) is 38.7 Å². The summed E-state index contributed by atoms with van der Waals surface area (Å²) in [5.74, 6) is 1.91. The molecule has 12 rings (SSSR count). The zero-order chi connectivity index (χ0) is 40.3. The van der Waals surface area contributed by atoms with Crippen molar-refractivity contribution in [1.82, 2.24) is 15.0 Å². The predicted octanol–water partition coefficient (Wildman–Crippen LogP) is 14.2. The van der Waals surface area contributed by atoms with Crippen LogP contribution in [0.15, 0.2) is 224 Å². The van der Waals surface area contributed by atoms with Crippen LogP contribution in [0.2, 0.25) is 0 Å². The zero-order valence-corrected chi connectivity index (χ0v) is 33.2. The molecular formula is C58H37N3. The number of rotatable bonds is 6. The molecule has 0 bridgehead atoms. The van der Waals surface area contributed by atoms with Crippen LogP contribution in [0.1, 0.15) is 22.3 Å². The van der Waals surface area contributed by atoms with Crippen LogP contribution < -0.4 is 0 Å². The van der Waals surface area contributed by atoms with Crippen molar-refractivity contribution in [3.8, 4) is 89.8 Å². The van der Waals surface area contributed by atoms with Crippen LogP contribution in [0.3, 0.4) is 0 Å². The Morgan fingerprint density at radius 1 is 0.230 bits per heavy atom. The van der Waals surface area contributed by atoms with Gasteiger partial charge in [-0.25, -0.2) is 15.0 Å². The van der Waals surface area contributed by atoms with Crippen molar-refractivity contribution >= 4 is 0 Å². The molecule has 0 fully saturated rings. The highest BCUT2D eigenvalue weighted by atomic mass is 15.0. The molecule has 0 atom stereocenters. The summed E-state index contributed by atoms with van der Waals surface area (Å²) >= 11 is 0. The van der Waals surface area contributed by atoms with E-state index in [1.807, 2.05) is 18.2 Å². The van der Waals surface area contributed by atoms with Crippen molar-refractivity contribution in [2.45, 2.75) is 5.41 Å². The molecule has 0 unspecified atom stereocenters. The summed E-state index contributed by atoms with van der Waals surface area (Å²) in [4.78, 5) is 15.9. The summed E-state index contributed by atoms with van der Waals surface area (Å²) < 4.78 is 0. The highest BCUT2D eigenvalue weighted by molar-refractivity contribution is 5.99. The first-order chi connectivity index (χ1) is 30.2. The second-order valence-electron chi connectivity index (χ2n) is 15.9. The molecule has 0 amide bonds. The van der Waals surface area contributed by atoms with Gasteiger partial charge >= 0.3 is 0 Å². The standard InChI is InChI=1S/C58H37N3/c1-4-18-38(19-5-1)43-35-44(39-20-6-2-7-21-39)37-45(36-43)41-24-16-25-42(34-41)56-59-55(40-22-8-3-9-23-40)60-57(61-56)49-29-17-33-53-54(49)48-28-12-15-32-52(48)58(53)50-30-13-10-26-46(50)47-27-11-14-31-51(47)58/h1-37H. The van der Waals surface area contributed by atoms with Gasteiger partial charge in [0.2, 0.25) is 0 Å². The summed E-state index contributed by atoms with van der Waals surface area (Å²) in [6.45, 7) is 0. The molecule has 9 aromatic carbocycles. The molecule has 0 aliphatic heterocycles. The third-order valence-electron chi connectivity index (χ3n) is 12.5. The highest BCUT2D eigenvalue weighted by Crippen LogP contribution is 2.63. The number of hydrogen-bond acceptors (Lipinski definition) is 3. The number of aromatic nitrogens is 3. The lowest BCUT2D eigenvalue weighted by Gasteiger charge is -2.30. The fraction of sp³-hybridized carbons (Fsp3) is 0.0172. The van der Waals surface area contributed by atoms with Crippen molar-refractivity contribution in [2.24, 2.45) is 0 Å². The van der Waals surface area contributed by atoms with Crippen LogP contribution in [0.25, 0.3) is 89.8 Å². The Balaban J connectivity index is 1.06. The van der Waals surface area contributed by atoms with Gasteiger partial charge in [-0.05, 0) is 102 Å². The van der Waals surface area contributed by atoms with Gasteiger partial charge in [0.25, 0.3) is 0 Å². The molecule has 1 aromatic heterocycles. The van der Waals surface area contributed by atoms with Gasteiger partial charge in [-0.15, -0.1) is 0 Å². The van der Waals surface area contributed by atoms with Crippen LogP contribution in [0.5, 0.6) is 0 Å². The smallest absolute Gasteiger partial charge is 0.164 e. The average Bonchev–Trinajstić information content (AvgIpc) is 3.82. The first-order valence-corrected chi connectivity index (χ1v) is 20.9. The molecule has 0 saturated heterocycles. The summed E-state index contributed by atoms with van der Waals surface area (Å²) in [6.07, 6.45) is 0. The molecule has 284 valence electrons. The molecule has 2 aliphatic carbocycles. The SMILES string of the molecule is c1ccc(-c2cc(-c3ccccc3)cc(-c3cccc(-c4nc(-c5ccccc5)nc(-c5cccc6c5-c5ccccc5C65c6ccccc6-c6ccccc65)n4)c3)c2)cc1. The minimum Gasteiger partial charge on any atom is -0.208 e. The van der Waals surface area contributed by atoms with E-state index in [4.69, 9.17) is 15.0 Å². The first-order valence-electron chi connectivity index (χ1n) is 20.9. The molecule has 3 nitrogen and oxygen atoms in total. The zero-order valence-electron chi connectivity index (χ0n) is 33.2. The molecule has 3 heteroatoms. The van der Waals surface area contributed by atoms with E-state index < -0.39 is 5.41 Å². The third-order valence-corrected chi connectivity index (χ3v) is 12.5. The monoisotopic (exact) mass is 775 g/mol. The van der Waals surface area contributed by atoms with Crippen molar-refractivity contribution in [1.29, 1.82) is 0 Å². The fourth-order valence-electron chi connectivity index (χ4n) is 9.90. The maximum atomic E-state index is 5.40. The molecule has 10 aromatic rings. The normalized spacial score (nSPS) is 12.7. The van der Waals surface area contributed by atoms with E-state index >= 15 is 0 Å². The van der Waals surface area contributed by atoms with Crippen LogP contribution >= 0.6 is 0 Å². The maximum Gasteiger partial charge on any atom is 0.164 e. The lowest BCUT2D eigenvalue weighted by atomic mass is 9.70. The van der Waals surface area contributed by atoms with Gasteiger partial charge in [-0.1, -0.05) is 200 Å². The fourth-order valence-corrected chi connectivity index (χ4v) is 9.90. The van der Waals surface area contributed by atoms with Crippen LogP contribution in [0, 0.1) is 0 Å². The lowest BCUT2D eigenvalue weighted by Crippen LogP contribution is -2.25. The Morgan fingerprint density at radius 2 is 0.590 bits per heavy atom. The number of fused-ring (bicyclic) bond motifs is 10. The quantitative estimate of drug-likeness (QED) is 0.169. The Hall–Kier alpha value is -8.01. The second kappa shape index (κ2) is 14.1. The predicted molar refractivity (Wildman–Crippen MR) is 249 cm³/mol. The minimum atomic E-state index is -0.464. The van der Waals surface area contributed by atoms with Crippen LogP contribution in [-0.4, -0.2) is 15.0 Å². The van der Waals surface area contributed by atoms with Crippen LogP contribution in [-0.2, 0) is 5.41 Å². The van der Waals surface area contributed by atoms with Gasteiger partial charge in [-0.2, -0.15) is 0 Å². The summed E-state index contributed by atoms with van der Waals surface area (Å²) in [6, 6.07) is 80.4. The Bertz CT molecular complexity index is 3200. The molecule has 0 radical (unpaired) electrons. The average molecular weight is 776 g/mol. The Labute approximate surface area is 355 Å². The Morgan fingerprint density at radius 3 is 1.18 bits per heavy atom. The number of nitrogens with zero attached hydrogens (tertiary/aromatic N) is 3. The van der Waals surface area contributed by atoms with Gasteiger partial charge < -0.3 is 0 Å². The lowest BCUT2D eigenvalue weighted by molar-refractivity contribution is 0.794. The molecule has 61 heavy (non-hydrogen) atoms. The van der Waals surface area contributed by atoms with Gasteiger partial charge in [0.15, 0.2) is 17.5 Å². The van der Waals surface area contributed by atoms with Crippen molar-refractivity contribution in [3.63, 3.8) is 0 Å². The van der Waals surface area contributed by atoms with Gasteiger partial charge in [0, 0.05) is 16.7 Å². The first kappa shape index (κ1) is 35.0. The van der Waals surface area contributed by atoms with E-state index in [9.17, 15) is 0 Å². The molecule has 2 aliphatic rings. The van der Waals surface area contributed by atoms with E-state index in [0.29, 0.717) is 17.5 Å². The summed E-state index contributed by atoms with van der Waals surface area (Å²) in [5, 5.41) is 0. The van der Waals surface area contributed by atoms with E-state index in [2.05, 4.69) is 206 Å². The highest BCUT2D eigenvalue weighted by Gasteiger charge is 2.52.